The van der Waals surface area contributed by atoms with Crippen LogP contribution in [0.4, 0.5) is 5.95 Å². The lowest BCUT2D eigenvalue weighted by Crippen LogP contribution is -2.17. The van der Waals surface area contributed by atoms with Crippen molar-refractivity contribution in [2.75, 3.05) is 18.5 Å². The lowest BCUT2D eigenvalue weighted by atomic mass is 10.2. The summed E-state index contributed by atoms with van der Waals surface area (Å²) in [6, 6.07) is 7.03. The molecule has 2 rings (SSSR count). The van der Waals surface area contributed by atoms with Gasteiger partial charge in [-0.25, -0.2) is 4.79 Å². The maximum atomic E-state index is 11.8. The predicted octanol–water partition coefficient (Wildman–Crippen LogP) is 0.633. The predicted molar refractivity (Wildman–Crippen MR) is 77.0 cm³/mol. The van der Waals surface area contributed by atoms with Gasteiger partial charge in [-0.3, -0.25) is 9.59 Å². The molecule has 21 heavy (non-hydrogen) atoms. The molecule has 2 aromatic rings. The quantitative estimate of drug-likeness (QED) is 0.350. The molecule has 0 aliphatic heterocycles. The molecule has 7 heteroatoms. The van der Waals surface area contributed by atoms with Crippen LogP contribution in [-0.4, -0.2) is 35.4 Å². The number of benzene rings is 1. The number of para-hydroxylation sites is 1. The normalized spacial score (nSPS) is 10.7. The number of carbonyl (C=O) groups excluding carboxylic acids is 2. The van der Waals surface area contributed by atoms with Gasteiger partial charge < -0.3 is 15.0 Å². The number of aromatic amines is 1. The Balaban J connectivity index is 1.92. The van der Waals surface area contributed by atoms with Gasteiger partial charge in [-0.15, -0.1) is 0 Å². The Labute approximate surface area is 119 Å². The monoisotopic (exact) mass is 287 g/mol. The highest BCUT2D eigenvalue weighted by atomic mass is 16.5. The SMILES string of the molecule is O=C/C=C/C(=O)OCCNc1nc(=O)c2ccccc2[nH]1. The number of hydrogen-bond acceptors (Lipinski definition) is 6. The Morgan fingerprint density at radius 2 is 2.19 bits per heavy atom. The van der Waals surface area contributed by atoms with Gasteiger partial charge in [0.25, 0.3) is 5.56 Å². The Kier molecular flexibility index (Phi) is 4.81. The molecule has 0 amide bonds. The highest BCUT2D eigenvalue weighted by Crippen LogP contribution is 2.07. The second kappa shape index (κ2) is 6.99. The zero-order chi connectivity index (χ0) is 15.1. The van der Waals surface area contributed by atoms with Gasteiger partial charge in [-0.05, 0) is 18.2 Å². The van der Waals surface area contributed by atoms with Crippen LogP contribution in [0, 0.1) is 0 Å². The van der Waals surface area contributed by atoms with Crippen LogP contribution in [0.1, 0.15) is 0 Å². The number of fused-ring (bicyclic) bond motifs is 1. The number of H-pyrrole nitrogens is 1. The molecular weight excluding hydrogens is 274 g/mol. The van der Waals surface area contributed by atoms with E-state index in [1.165, 1.54) is 0 Å². The van der Waals surface area contributed by atoms with E-state index in [1.807, 2.05) is 6.07 Å². The van der Waals surface area contributed by atoms with Crippen LogP contribution >= 0.6 is 0 Å². The Morgan fingerprint density at radius 1 is 1.38 bits per heavy atom. The number of aldehydes is 1. The summed E-state index contributed by atoms with van der Waals surface area (Å²) in [6.45, 7) is 0.362. The second-order valence-electron chi connectivity index (χ2n) is 4.03. The van der Waals surface area contributed by atoms with Crippen molar-refractivity contribution in [3.05, 3.63) is 46.8 Å². The Morgan fingerprint density at radius 3 is 3.00 bits per heavy atom. The molecule has 0 aliphatic carbocycles. The minimum atomic E-state index is -0.608. The van der Waals surface area contributed by atoms with Crippen molar-refractivity contribution < 1.29 is 14.3 Å². The van der Waals surface area contributed by atoms with Gasteiger partial charge in [-0.1, -0.05) is 12.1 Å². The Bertz CT molecular complexity index is 736. The molecule has 0 fully saturated rings. The zero-order valence-corrected chi connectivity index (χ0v) is 11.0. The molecule has 108 valence electrons. The first-order valence-electron chi connectivity index (χ1n) is 6.22. The van der Waals surface area contributed by atoms with Gasteiger partial charge >= 0.3 is 5.97 Å². The van der Waals surface area contributed by atoms with E-state index in [1.54, 1.807) is 18.2 Å². The van der Waals surface area contributed by atoms with Crippen LogP contribution in [0.25, 0.3) is 10.9 Å². The fourth-order valence-corrected chi connectivity index (χ4v) is 1.67. The number of carbonyl (C=O) groups is 2. The third-order valence-corrected chi connectivity index (χ3v) is 2.57. The second-order valence-corrected chi connectivity index (χ2v) is 4.03. The van der Waals surface area contributed by atoms with E-state index in [0.717, 1.165) is 12.2 Å². The van der Waals surface area contributed by atoms with E-state index < -0.39 is 5.97 Å². The van der Waals surface area contributed by atoms with Crippen molar-refractivity contribution in [3.63, 3.8) is 0 Å². The molecule has 0 radical (unpaired) electrons. The summed E-state index contributed by atoms with van der Waals surface area (Å²) in [7, 11) is 0. The zero-order valence-electron chi connectivity index (χ0n) is 11.0. The first-order valence-corrected chi connectivity index (χ1v) is 6.22. The summed E-state index contributed by atoms with van der Waals surface area (Å²) in [4.78, 5) is 39.7. The average molecular weight is 287 g/mol. The smallest absolute Gasteiger partial charge is 0.330 e. The first kappa shape index (κ1) is 14.4. The van der Waals surface area contributed by atoms with Gasteiger partial charge in [0.1, 0.15) is 12.9 Å². The summed E-state index contributed by atoms with van der Waals surface area (Å²) in [5, 5.41) is 3.36. The average Bonchev–Trinajstić information content (AvgIpc) is 2.49. The topological polar surface area (TPSA) is 101 Å². The Hall–Kier alpha value is -2.96. The highest BCUT2D eigenvalue weighted by molar-refractivity contribution is 5.86. The molecule has 1 aromatic heterocycles. The highest BCUT2D eigenvalue weighted by Gasteiger charge is 2.02. The number of hydrogen-bond donors (Lipinski definition) is 2. The van der Waals surface area contributed by atoms with Crippen LogP contribution in [-0.2, 0) is 14.3 Å². The molecule has 0 aliphatic rings. The molecule has 1 aromatic carbocycles. The molecule has 0 atom stereocenters. The lowest BCUT2D eigenvalue weighted by Gasteiger charge is -2.06. The van der Waals surface area contributed by atoms with E-state index in [4.69, 9.17) is 4.74 Å². The number of nitrogens with one attached hydrogen (secondary N) is 2. The number of ether oxygens (including phenoxy) is 1. The van der Waals surface area contributed by atoms with Crippen LogP contribution in [0.5, 0.6) is 0 Å². The van der Waals surface area contributed by atoms with Crippen LogP contribution < -0.4 is 10.9 Å². The largest absolute Gasteiger partial charge is 0.461 e. The number of esters is 1. The van der Waals surface area contributed by atoms with Crippen molar-refractivity contribution >= 4 is 29.1 Å². The van der Waals surface area contributed by atoms with Gasteiger partial charge in [0, 0.05) is 6.08 Å². The molecule has 0 saturated carbocycles. The van der Waals surface area contributed by atoms with Crippen LogP contribution in [0.15, 0.2) is 41.2 Å². The fourth-order valence-electron chi connectivity index (χ4n) is 1.67. The van der Waals surface area contributed by atoms with Gasteiger partial charge in [-0.2, -0.15) is 4.98 Å². The molecule has 0 unspecified atom stereocenters. The third-order valence-electron chi connectivity index (χ3n) is 2.57. The molecule has 0 spiro atoms. The number of anilines is 1. The minimum absolute atomic E-state index is 0.0819. The molecular formula is C14H13N3O4. The van der Waals surface area contributed by atoms with Crippen molar-refractivity contribution in [2.45, 2.75) is 0 Å². The fraction of sp³-hybridized carbons (Fsp3) is 0.143. The van der Waals surface area contributed by atoms with Crippen LogP contribution in [0.3, 0.4) is 0 Å². The molecule has 0 bridgehead atoms. The van der Waals surface area contributed by atoms with E-state index in [2.05, 4.69) is 15.3 Å². The summed E-state index contributed by atoms with van der Waals surface area (Å²) in [5.41, 5.74) is 0.337. The maximum Gasteiger partial charge on any atom is 0.330 e. The summed E-state index contributed by atoms with van der Waals surface area (Å²) in [6.07, 6.45) is 2.57. The summed E-state index contributed by atoms with van der Waals surface area (Å²) in [5.74, 6) is -0.304. The maximum absolute atomic E-state index is 11.8. The lowest BCUT2D eigenvalue weighted by molar-refractivity contribution is -0.137. The van der Waals surface area contributed by atoms with Crippen molar-refractivity contribution in [1.29, 1.82) is 0 Å². The standard InChI is InChI=1S/C14H13N3O4/c18-8-3-6-12(19)21-9-7-15-14-16-11-5-2-1-4-10(11)13(20)17-14/h1-6,8H,7,9H2,(H2,15,16,17,20)/b6-3+. The van der Waals surface area contributed by atoms with Crippen molar-refractivity contribution in [2.24, 2.45) is 0 Å². The van der Waals surface area contributed by atoms with E-state index in [-0.39, 0.29) is 18.7 Å². The molecule has 0 saturated heterocycles. The van der Waals surface area contributed by atoms with Gasteiger partial charge in [0.05, 0.1) is 17.4 Å². The summed E-state index contributed by atoms with van der Waals surface area (Å²) < 4.78 is 4.82. The summed E-state index contributed by atoms with van der Waals surface area (Å²) >= 11 is 0. The first-order chi connectivity index (χ1) is 10.2. The molecule has 2 N–H and O–H groups in total. The minimum Gasteiger partial charge on any atom is -0.461 e. The van der Waals surface area contributed by atoms with Crippen molar-refractivity contribution in [1.82, 2.24) is 9.97 Å². The van der Waals surface area contributed by atoms with Gasteiger partial charge in [0.2, 0.25) is 5.95 Å². The van der Waals surface area contributed by atoms with Crippen LogP contribution in [0.2, 0.25) is 0 Å². The number of allylic oxidation sites excluding steroid dienone is 1. The number of nitrogens with zero attached hydrogens (tertiary/aromatic N) is 1. The molecule has 7 nitrogen and oxygen atoms in total. The van der Waals surface area contributed by atoms with E-state index >= 15 is 0 Å². The van der Waals surface area contributed by atoms with Gasteiger partial charge in [0.15, 0.2) is 0 Å². The third kappa shape index (κ3) is 4.00. The van der Waals surface area contributed by atoms with E-state index in [9.17, 15) is 14.4 Å². The number of aromatic nitrogens is 2. The molecule has 1 heterocycles. The van der Waals surface area contributed by atoms with E-state index in [0.29, 0.717) is 23.1 Å². The van der Waals surface area contributed by atoms with Crippen molar-refractivity contribution in [3.8, 4) is 0 Å². The number of rotatable bonds is 6.